The number of methoxy groups -OCH3 is 1. The predicted molar refractivity (Wildman–Crippen MR) is 106 cm³/mol. The Bertz CT molecular complexity index is 952. The van der Waals surface area contributed by atoms with Gasteiger partial charge in [0, 0.05) is 37.4 Å². The number of carbonyl (C=O) groups is 1. The maximum absolute atomic E-state index is 12.7. The molecule has 1 fully saturated rings. The summed E-state index contributed by atoms with van der Waals surface area (Å²) < 4.78 is 33.6. The highest BCUT2D eigenvalue weighted by Gasteiger charge is 2.33. The van der Waals surface area contributed by atoms with Gasteiger partial charge >= 0.3 is 0 Å². The number of piperidine rings is 1. The lowest BCUT2D eigenvalue weighted by Gasteiger charge is -2.30. The first-order chi connectivity index (χ1) is 13.3. The zero-order chi connectivity index (χ0) is 20.3. The van der Waals surface area contributed by atoms with Crippen LogP contribution in [0, 0.1) is 5.92 Å². The molecule has 2 aromatic rings. The molecule has 1 aromatic heterocycles. The van der Waals surface area contributed by atoms with Crippen molar-refractivity contribution in [3.05, 3.63) is 35.7 Å². The Labute approximate surface area is 169 Å². The standard InChI is InChI=1S/C18H23ClN4O4S/c1-3-22-11-17(20-12-22)28(25,26)23-8-6-13(7-9-23)18(24)21-14-4-5-16(27-2)15(19)10-14/h4-5,10-13H,3,6-9H2,1-2H3,(H,21,24). The molecule has 152 valence electrons. The molecule has 0 saturated carbocycles. The number of amides is 1. The fraction of sp³-hybridized carbons (Fsp3) is 0.444. The van der Waals surface area contributed by atoms with Gasteiger partial charge in [-0.25, -0.2) is 13.4 Å². The first-order valence-corrected chi connectivity index (χ1v) is 10.8. The largest absolute Gasteiger partial charge is 0.495 e. The van der Waals surface area contributed by atoms with Gasteiger partial charge in [-0.1, -0.05) is 11.6 Å². The molecule has 1 amide bonds. The van der Waals surface area contributed by atoms with Gasteiger partial charge in [0.15, 0.2) is 5.03 Å². The molecular weight excluding hydrogens is 404 g/mol. The number of aromatic nitrogens is 2. The Balaban J connectivity index is 1.60. The molecule has 10 heteroatoms. The third kappa shape index (κ3) is 4.31. The number of rotatable bonds is 6. The maximum Gasteiger partial charge on any atom is 0.262 e. The normalized spacial score (nSPS) is 16.1. The predicted octanol–water partition coefficient (Wildman–Crippen LogP) is 2.60. The molecule has 0 atom stereocenters. The van der Waals surface area contributed by atoms with Gasteiger partial charge in [-0.15, -0.1) is 0 Å². The van der Waals surface area contributed by atoms with Gasteiger partial charge in [0.2, 0.25) is 5.91 Å². The lowest BCUT2D eigenvalue weighted by molar-refractivity contribution is -0.120. The summed E-state index contributed by atoms with van der Waals surface area (Å²) in [6.07, 6.45) is 3.93. The lowest BCUT2D eigenvalue weighted by Crippen LogP contribution is -2.41. The van der Waals surface area contributed by atoms with Gasteiger partial charge in [-0.2, -0.15) is 4.31 Å². The number of ether oxygens (including phenoxy) is 1. The van der Waals surface area contributed by atoms with Crippen molar-refractivity contribution in [3.63, 3.8) is 0 Å². The van der Waals surface area contributed by atoms with Crippen LogP contribution in [-0.2, 0) is 21.4 Å². The minimum Gasteiger partial charge on any atom is -0.495 e. The van der Waals surface area contributed by atoms with Gasteiger partial charge in [0.1, 0.15) is 5.75 Å². The van der Waals surface area contributed by atoms with E-state index >= 15 is 0 Å². The molecule has 0 radical (unpaired) electrons. The van der Waals surface area contributed by atoms with Crippen LogP contribution in [0.1, 0.15) is 19.8 Å². The van der Waals surface area contributed by atoms with E-state index in [2.05, 4.69) is 10.3 Å². The van der Waals surface area contributed by atoms with Crippen LogP contribution in [-0.4, -0.2) is 48.4 Å². The Kier molecular flexibility index (Phi) is 6.26. The number of hydrogen-bond donors (Lipinski definition) is 1. The number of carbonyl (C=O) groups excluding carboxylic acids is 1. The number of nitrogens with zero attached hydrogens (tertiary/aromatic N) is 3. The van der Waals surface area contributed by atoms with Crippen molar-refractivity contribution >= 4 is 33.2 Å². The first kappa shape index (κ1) is 20.6. The molecule has 1 aromatic carbocycles. The third-order valence-electron chi connectivity index (χ3n) is 4.82. The number of nitrogens with one attached hydrogen (secondary N) is 1. The average Bonchev–Trinajstić information content (AvgIpc) is 3.18. The number of halogens is 1. The van der Waals surface area contributed by atoms with Crippen LogP contribution in [0.25, 0.3) is 0 Å². The fourth-order valence-electron chi connectivity index (χ4n) is 3.12. The molecule has 1 aliphatic heterocycles. The van der Waals surface area contributed by atoms with Gasteiger partial charge in [-0.05, 0) is 38.0 Å². The number of hydrogen-bond acceptors (Lipinski definition) is 5. The lowest BCUT2D eigenvalue weighted by atomic mass is 9.97. The fourth-order valence-corrected chi connectivity index (χ4v) is 4.79. The summed E-state index contributed by atoms with van der Waals surface area (Å²) >= 11 is 6.08. The van der Waals surface area contributed by atoms with Crippen LogP contribution in [0.3, 0.4) is 0 Å². The summed E-state index contributed by atoms with van der Waals surface area (Å²) in [5.74, 6) is 0.123. The Morgan fingerprint density at radius 2 is 2.07 bits per heavy atom. The zero-order valence-electron chi connectivity index (χ0n) is 15.8. The number of aryl methyl sites for hydroxylation is 1. The molecule has 1 N–H and O–H groups in total. The minimum absolute atomic E-state index is 0.0464. The molecular formula is C18H23ClN4O4S. The molecule has 3 rings (SSSR count). The number of benzene rings is 1. The van der Waals surface area contributed by atoms with E-state index in [9.17, 15) is 13.2 Å². The summed E-state index contributed by atoms with van der Waals surface area (Å²) in [6, 6.07) is 5.02. The topological polar surface area (TPSA) is 93.5 Å². The van der Waals surface area contributed by atoms with E-state index in [0.29, 0.717) is 35.8 Å². The summed E-state index contributed by atoms with van der Waals surface area (Å²) in [7, 11) is -2.11. The molecule has 0 unspecified atom stereocenters. The van der Waals surface area contributed by atoms with Gasteiger partial charge in [0.05, 0.1) is 18.5 Å². The van der Waals surface area contributed by atoms with E-state index in [4.69, 9.17) is 16.3 Å². The maximum atomic E-state index is 12.7. The van der Waals surface area contributed by atoms with Crippen molar-refractivity contribution in [1.29, 1.82) is 0 Å². The summed E-state index contributed by atoms with van der Waals surface area (Å²) in [4.78, 5) is 16.5. The molecule has 1 aliphatic rings. The highest BCUT2D eigenvalue weighted by atomic mass is 35.5. The van der Waals surface area contributed by atoms with Gasteiger partial charge in [-0.3, -0.25) is 4.79 Å². The van der Waals surface area contributed by atoms with Crippen molar-refractivity contribution in [2.75, 3.05) is 25.5 Å². The van der Waals surface area contributed by atoms with Crippen molar-refractivity contribution in [2.45, 2.75) is 31.3 Å². The number of sulfonamides is 1. The molecule has 8 nitrogen and oxygen atoms in total. The molecule has 2 heterocycles. The van der Waals surface area contributed by atoms with Gasteiger partial charge < -0.3 is 14.6 Å². The Hall–Kier alpha value is -2.10. The monoisotopic (exact) mass is 426 g/mol. The van der Waals surface area contributed by atoms with Crippen molar-refractivity contribution in [2.24, 2.45) is 5.92 Å². The molecule has 28 heavy (non-hydrogen) atoms. The summed E-state index contributed by atoms with van der Waals surface area (Å²) in [5, 5.41) is 3.29. The van der Waals surface area contributed by atoms with E-state index in [1.165, 1.54) is 23.9 Å². The quantitative estimate of drug-likeness (QED) is 0.766. The minimum atomic E-state index is -3.63. The van der Waals surface area contributed by atoms with E-state index in [1.807, 2.05) is 6.92 Å². The highest BCUT2D eigenvalue weighted by molar-refractivity contribution is 7.89. The SMILES string of the molecule is CCn1cnc(S(=O)(=O)N2CCC(C(=O)Nc3ccc(OC)c(Cl)c3)CC2)c1. The average molecular weight is 427 g/mol. The van der Waals surface area contributed by atoms with Crippen LogP contribution in [0.5, 0.6) is 5.75 Å². The second kappa shape index (κ2) is 8.50. The summed E-state index contributed by atoms with van der Waals surface area (Å²) in [6.45, 7) is 3.13. The van der Waals surface area contributed by atoms with E-state index in [-0.39, 0.29) is 29.9 Å². The van der Waals surface area contributed by atoms with Crippen molar-refractivity contribution in [1.82, 2.24) is 13.9 Å². The van der Waals surface area contributed by atoms with Crippen LogP contribution < -0.4 is 10.1 Å². The van der Waals surface area contributed by atoms with E-state index < -0.39 is 10.0 Å². The Morgan fingerprint density at radius 3 is 2.64 bits per heavy atom. The summed E-state index contributed by atoms with van der Waals surface area (Å²) in [5.41, 5.74) is 0.580. The van der Waals surface area contributed by atoms with E-state index in [0.717, 1.165) is 0 Å². The second-order valence-electron chi connectivity index (χ2n) is 6.56. The first-order valence-electron chi connectivity index (χ1n) is 9.01. The van der Waals surface area contributed by atoms with E-state index in [1.54, 1.807) is 22.8 Å². The zero-order valence-corrected chi connectivity index (χ0v) is 17.3. The second-order valence-corrected chi connectivity index (χ2v) is 8.85. The number of imidazole rings is 1. The molecule has 0 spiro atoms. The van der Waals surface area contributed by atoms with Crippen molar-refractivity contribution in [3.8, 4) is 5.75 Å². The molecule has 0 aliphatic carbocycles. The van der Waals surface area contributed by atoms with Gasteiger partial charge in [0.25, 0.3) is 10.0 Å². The third-order valence-corrected chi connectivity index (χ3v) is 6.90. The smallest absolute Gasteiger partial charge is 0.262 e. The Morgan fingerprint density at radius 1 is 1.36 bits per heavy atom. The van der Waals surface area contributed by atoms with Crippen LogP contribution >= 0.6 is 11.6 Å². The van der Waals surface area contributed by atoms with Crippen LogP contribution in [0.4, 0.5) is 5.69 Å². The highest BCUT2D eigenvalue weighted by Crippen LogP contribution is 2.28. The number of anilines is 1. The molecule has 0 bridgehead atoms. The van der Waals surface area contributed by atoms with Crippen LogP contribution in [0.2, 0.25) is 5.02 Å². The molecule has 1 saturated heterocycles. The van der Waals surface area contributed by atoms with Crippen molar-refractivity contribution < 1.29 is 17.9 Å². The van der Waals surface area contributed by atoms with Crippen LogP contribution in [0.15, 0.2) is 35.7 Å².